The molecule has 0 aliphatic rings. The van der Waals surface area contributed by atoms with Crippen LogP contribution in [0.3, 0.4) is 0 Å². The van der Waals surface area contributed by atoms with Crippen LogP contribution in [0.5, 0.6) is 0 Å². The van der Waals surface area contributed by atoms with E-state index in [-0.39, 0.29) is 11.6 Å². The van der Waals surface area contributed by atoms with Crippen LogP contribution in [0.4, 0.5) is 20.4 Å². The molecule has 6 heteroatoms. The van der Waals surface area contributed by atoms with Gasteiger partial charge in [-0.2, -0.15) is 11.8 Å². The first kappa shape index (κ1) is 15.0. The van der Waals surface area contributed by atoms with Gasteiger partial charge in [0.2, 0.25) is 0 Å². The highest BCUT2D eigenvalue weighted by molar-refractivity contribution is 7.99. The molecular formula is C12H19F2N3S. The quantitative estimate of drug-likeness (QED) is 0.800. The molecule has 1 aromatic heterocycles. The number of thioether (sulfide) groups is 1. The molecule has 1 aromatic rings. The van der Waals surface area contributed by atoms with Crippen LogP contribution in [0.1, 0.15) is 20.3 Å². The maximum atomic E-state index is 13.5. The molecule has 0 aliphatic carbocycles. The summed E-state index contributed by atoms with van der Waals surface area (Å²) in [4.78, 5) is 3.93. The molecule has 0 radical (unpaired) electrons. The van der Waals surface area contributed by atoms with Gasteiger partial charge in [-0.1, -0.05) is 13.8 Å². The van der Waals surface area contributed by atoms with E-state index in [1.54, 1.807) is 11.8 Å². The highest BCUT2D eigenvalue weighted by Gasteiger charge is 2.12. The van der Waals surface area contributed by atoms with Gasteiger partial charge in [-0.3, -0.25) is 0 Å². The van der Waals surface area contributed by atoms with Gasteiger partial charge in [-0.05, 0) is 12.7 Å². The Morgan fingerprint density at radius 1 is 1.28 bits per heavy atom. The summed E-state index contributed by atoms with van der Waals surface area (Å²) in [6, 6.07) is 0.858. The van der Waals surface area contributed by atoms with Crippen LogP contribution in [-0.2, 0) is 0 Å². The zero-order chi connectivity index (χ0) is 13.5. The van der Waals surface area contributed by atoms with Crippen LogP contribution in [0.25, 0.3) is 0 Å². The molecule has 2 N–H and O–H groups in total. The number of aromatic nitrogens is 1. The van der Waals surface area contributed by atoms with Crippen molar-refractivity contribution in [1.82, 2.24) is 4.98 Å². The highest BCUT2D eigenvalue weighted by Crippen LogP contribution is 2.19. The summed E-state index contributed by atoms with van der Waals surface area (Å²) in [7, 11) is 0. The number of anilines is 2. The van der Waals surface area contributed by atoms with Gasteiger partial charge in [0.15, 0.2) is 23.3 Å². The van der Waals surface area contributed by atoms with Crippen LogP contribution >= 0.6 is 11.8 Å². The summed E-state index contributed by atoms with van der Waals surface area (Å²) >= 11 is 1.67. The van der Waals surface area contributed by atoms with Gasteiger partial charge >= 0.3 is 0 Å². The fourth-order valence-electron chi connectivity index (χ4n) is 1.28. The van der Waals surface area contributed by atoms with Crippen molar-refractivity contribution in [2.75, 3.05) is 30.0 Å². The van der Waals surface area contributed by atoms with Crippen molar-refractivity contribution in [1.29, 1.82) is 0 Å². The molecule has 0 amide bonds. The van der Waals surface area contributed by atoms with Crippen LogP contribution in [-0.4, -0.2) is 29.6 Å². The molecular weight excluding hydrogens is 256 g/mol. The second-order valence-corrected chi connectivity index (χ2v) is 5.28. The molecule has 0 bridgehead atoms. The van der Waals surface area contributed by atoms with E-state index in [1.165, 1.54) is 0 Å². The van der Waals surface area contributed by atoms with Crippen molar-refractivity contribution in [3.05, 3.63) is 17.7 Å². The summed E-state index contributed by atoms with van der Waals surface area (Å²) in [5, 5.41) is 6.06. The maximum Gasteiger partial charge on any atom is 0.168 e. The summed E-state index contributed by atoms with van der Waals surface area (Å²) in [5.41, 5.74) is 0. The maximum absolute atomic E-state index is 13.5. The second-order valence-electron chi connectivity index (χ2n) is 4.00. The largest absolute Gasteiger partial charge is 0.368 e. The molecule has 1 unspecified atom stereocenters. The standard InChI is InChI=1S/C12H19F2N3S/c1-4-5-15-11-9(13)6-10(14)12(17-11)16-7-8(2)18-3/h6,8H,4-5,7H2,1-3H3,(H2,15,16,17). The minimum absolute atomic E-state index is 0.0934. The molecule has 3 nitrogen and oxygen atoms in total. The summed E-state index contributed by atoms with van der Waals surface area (Å²) in [6.07, 6.45) is 2.83. The van der Waals surface area contributed by atoms with Gasteiger partial charge in [0.05, 0.1) is 0 Å². The molecule has 0 aliphatic heterocycles. The number of rotatable bonds is 7. The van der Waals surface area contributed by atoms with Crippen molar-refractivity contribution < 1.29 is 8.78 Å². The molecule has 0 saturated carbocycles. The lowest BCUT2D eigenvalue weighted by atomic mass is 10.3. The number of nitrogens with one attached hydrogen (secondary N) is 2. The van der Waals surface area contributed by atoms with E-state index < -0.39 is 11.6 Å². The smallest absolute Gasteiger partial charge is 0.168 e. The van der Waals surface area contributed by atoms with Crippen molar-refractivity contribution in [3.63, 3.8) is 0 Å². The molecule has 1 heterocycles. The van der Waals surface area contributed by atoms with Crippen LogP contribution in [0, 0.1) is 11.6 Å². The number of hydrogen-bond donors (Lipinski definition) is 2. The second kappa shape index (κ2) is 7.41. The molecule has 1 rings (SSSR count). The Hall–Kier alpha value is -1.04. The number of nitrogens with zero attached hydrogens (tertiary/aromatic N) is 1. The minimum atomic E-state index is -0.664. The van der Waals surface area contributed by atoms with Gasteiger partial charge in [0.25, 0.3) is 0 Å². The number of pyridine rings is 1. The molecule has 0 aromatic carbocycles. The topological polar surface area (TPSA) is 37.0 Å². The average molecular weight is 275 g/mol. The Morgan fingerprint density at radius 2 is 1.89 bits per heavy atom. The monoisotopic (exact) mass is 275 g/mol. The fourth-order valence-corrected chi connectivity index (χ4v) is 1.53. The molecule has 0 fully saturated rings. The van der Waals surface area contributed by atoms with E-state index in [1.807, 2.05) is 20.1 Å². The van der Waals surface area contributed by atoms with E-state index in [4.69, 9.17) is 0 Å². The lowest BCUT2D eigenvalue weighted by Gasteiger charge is -2.13. The van der Waals surface area contributed by atoms with E-state index >= 15 is 0 Å². The third-order valence-corrected chi connectivity index (χ3v) is 3.40. The first-order chi connectivity index (χ1) is 8.58. The fraction of sp³-hybridized carbons (Fsp3) is 0.583. The zero-order valence-corrected chi connectivity index (χ0v) is 11.7. The lowest BCUT2D eigenvalue weighted by Crippen LogP contribution is -2.16. The van der Waals surface area contributed by atoms with Gasteiger partial charge in [-0.15, -0.1) is 0 Å². The average Bonchev–Trinajstić information content (AvgIpc) is 2.36. The summed E-state index contributed by atoms with van der Waals surface area (Å²) in [5.74, 6) is -1.14. The van der Waals surface area contributed by atoms with Crippen molar-refractivity contribution in [2.24, 2.45) is 0 Å². The Bertz CT molecular complexity index is 388. The minimum Gasteiger partial charge on any atom is -0.368 e. The molecule has 0 spiro atoms. The van der Waals surface area contributed by atoms with Crippen molar-refractivity contribution in [3.8, 4) is 0 Å². The summed E-state index contributed by atoms with van der Waals surface area (Å²) < 4.78 is 26.9. The Morgan fingerprint density at radius 3 is 2.44 bits per heavy atom. The highest BCUT2D eigenvalue weighted by atomic mass is 32.2. The third-order valence-electron chi connectivity index (χ3n) is 2.43. The molecule has 18 heavy (non-hydrogen) atoms. The Kier molecular flexibility index (Phi) is 6.18. The Labute approximate surface area is 111 Å². The molecule has 1 atom stereocenters. The first-order valence-electron chi connectivity index (χ1n) is 5.95. The lowest BCUT2D eigenvalue weighted by molar-refractivity contribution is 0.577. The SMILES string of the molecule is CCCNc1nc(NCC(C)SC)c(F)cc1F. The van der Waals surface area contributed by atoms with E-state index in [0.717, 1.165) is 12.5 Å². The van der Waals surface area contributed by atoms with E-state index in [9.17, 15) is 8.78 Å². The Balaban J connectivity index is 2.77. The van der Waals surface area contributed by atoms with Gasteiger partial charge in [0, 0.05) is 24.4 Å². The van der Waals surface area contributed by atoms with Crippen LogP contribution in [0.2, 0.25) is 0 Å². The molecule has 0 saturated heterocycles. The third kappa shape index (κ3) is 4.33. The van der Waals surface area contributed by atoms with E-state index in [2.05, 4.69) is 15.6 Å². The summed E-state index contributed by atoms with van der Waals surface area (Å²) in [6.45, 7) is 5.18. The van der Waals surface area contributed by atoms with E-state index in [0.29, 0.717) is 18.3 Å². The van der Waals surface area contributed by atoms with Crippen molar-refractivity contribution in [2.45, 2.75) is 25.5 Å². The number of hydrogen-bond acceptors (Lipinski definition) is 4. The molecule has 102 valence electrons. The first-order valence-corrected chi connectivity index (χ1v) is 7.23. The zero-order valence-electron chi connectivity index (χ0n) is 10.9. The van der Waals surface area contributed by atoms with Gasteiger partial charge in [-0.25, -0.2) is 13.8 Å². The van der Waals surface area contributed by atoms with Crippen molar-refractivity contribution >= 4 is 23.4 Å². The van der Waals surface area contributed by atoms with Crippen LogP contribution in [0.15, 0.2) is 6.07 Å². The normalized spacial score (nSPS) is 12.3. The predicted molar refractivity (Wildman–Crippen MR) is 74.4 cm³/mol. The van der Waals surface area contributed by atoms with Crippen LogP contribution < -0.4 is 10.6 Å². The number of halogens is 2. The van der Waals surface area contributed by atoms with Gasteiger partial charge in [0.1, 0.15) is 0 Å². The van der Waals surface area contributed by atoms with Gasteiger partial charge < -0.3 is 10.6 Å². The predicted octanol–water partition coefficient (Wildman–Crippen LogP) is 3.35.